The molecule has 0 aliphatic rings. The molecule has 0 radical (unpaired) electrons. The monoisotopic (exact) mass is 448 g/mol. The second kappa shape index (κ2) is 11.4. The summed E-state index contributed by atoms with van der Waals surface area (Å²) in [7, 11) is -3.41. The maximum atomic E-state index is 12.3. The van der Waals surface area contributed by atoms with Crippen molar-refractivity contribution in [2.45, 2.75) is 39.4 Å². The Kier molecular flexibility index (Phi) is 9.24. The SMILES string of the molecule is Cc1ccc(C)c(N(CCCC(=O)NCCSCc2ccccc2C)S(C)(=O)=O)c1. The minimum absolute atomic E-state index is 0.0408. The molecule has 2 aromatic rings. The Bertz CT molecular complexity index is 959. The summed E-state index contributed by atoms with van der Waals surface area (Å²) in [5, 5.41) is 2.93. The van der Waals surface area contributed by atoms with Gasteiger partial charge in [-0.2, -0.15) is 11.8 Å². The Morgan fingerprint density at radius 3 is 2.50 bits per heavy atom. The number of anilines is 1. The van der Waals surface area contributed by atoms with Crippen LogP contribution in [0.5, 0.6) is 0 Å². The van der Waals surface area contributed by atoms with E-state index in [0.717, 1.165) is 22.6 Å². The molecule has 1 N–H and O–H groups in total. The predicted octanol–water partition coefficient (Wildman–Crippen LogP) is 4.21. The molecule has 0 heterocycles. The number of aryl methyl sites for hydroxylation is 3. The van der Waals surface area contributed by atoms with E-state index in [4.69, 9.17) is 0 Å². The van der Waals surface area contributed by atoms with E-state index in [1.165, 1.54) is 21.7 Å². The van der Waals surface area contributed by atoms with Crippen LogP contribution >= 0.6 is 11.8 Å². The van der Waals surface area contributed by atoms with Gasteiger partial charge in [-0.15, -0.1) is 0 Å². The number of rotatable bonds is 11. The van der Waals surface area contributed by atoms with Gasteiger partial charge >= 0.3 is 0 Å². The van der Waals surface area contributed by atoms with Crippen molar-refractivity contribution in [3.8, 4) is 0 Å². The number of thioether (sulfide) groups is 1. The minimum atomic E-state index is -3.41. The highest BCUT2D eigenvalue weighted by Crippen LogP contribution is 2.24. The summed E-state index contributed by atoms with van der Waals surface area (Å²) in [4.78, 5) is 12.1. The molecule has 0 aliphatic carbocycles. The van der Waals surface area contributed by atoms with Gasteiger partial charge in [0.15, 0.2) is 0 Å². The highest BCUT2D eigenvalue weighted by molar-refractivity contribution is 7.98. The van der Waals surface area contributed by atoms with E-state index in [-0.39, 0.29) is 5.91 Å². The van der Waals surface area contributed by atoms with E-state index in [9.17, 15) is 13.2 Å². The van der Waals surface area contributed by atoms with Gasteiger partial charge in [0.05, 0.1) is 11.9 Å². The molecule has 0 saturated carbocycles. The number of amides is 1. The number of carbonyl (C=O) groups is 1. The third-order valence-electron chi connectivity index (χ3n) is 4.89. The second-order valence-corrected chi connectivity index (χ2v) is 10.6. The normalized spacial score (nSPS) is 11.3. The van der Waals surface area contributed by atoms with Gasteiger partial charge in [0.2, 0.25) is 15.9 Å². The third-order valence-corrected chi connectivity index (χ3v) is 7.07. The van der Waals surface area contributed by atoms with Crippen molar-refractivity contribution in [1.82, 2.24) is 5.32 Å². The Morgan fingerprint density at radius 2 is 1.80 bits per heavy atom. The van der Waals surface area contributed by atoms with Crippen LogP contribution in [0.2, 0.25) is 0 Å². The fourth-order valence-corrected chi connectivity index (χ4v) is 5.09. The lowest BCUT2D eigenvalue weighted by Gasteiger charge is -2.24. The van der Waals surface area contributed by atoms with Crippen molar-refractivity contribution < 1.29 is 13.2 Å². The molecule has 0 saturated heterocycles. The van der Waals surface area contributed by atoms with Gasteiger partial charge in [-0.3, -0.25) is 9.10 Å². The summed E-state index contributed by atoms with van der Waals surface area (Å²) >= 11 is 1.79. The van der Waals surface area contributed by atoms with Gasteiger partial charge in [0.25, 0.3) is 0 Å². The third kappa shape index (κ3) is 7.69. The standard InChI is InChI=1S/C23H32N2O3S2/c1-18-11-12-20(3)22(16-18)25(30(4,27)28)14-7-10-23(26)24-13-15-29-17-21-9-6-5-8-19(21)2/h5-6,8-9,11-12,16H,7,10,13-15,17H2,1-4H3,(H,24,26). The van der Waals surface area contributed by atoms with Gasteiger partial charge in [-0.25, -0.2) is 8.42 Å². The molecular weight excluding hydrogens is 416 g/mol. The van der Waals surface area contributed by atoms with E-state index in [1.54, 1.807) is 11.8 Å². The molecule has 164 valence electrons. The molecule has 0 aliphatic heterocycles. The zero-order valence-electron chi connectivity index (χ0n) is 18.3. The largest absolute Gasteiger partial charge is 0.355 e. The Labute approximate surface area is 185 Å². The van der Waals surface area contributed by atoms with Crippen molar-refractivity contribution in [3.05, 3.63) is 64.7 Å². The van der Waals surface area contributed by atoms with Crippen LogP contribution in [-0.4, -0.2) is 39.4 Å². The van der Waals surface area contributed by atoms with Gasteiger partial charge in [0.1, 0.15) is 0 Å². The van der Waals surface area contributed by atoms with Gasteiger partial charge < -0.3 is 5.32 Å². The Hall–Kier alpha value is -1.99. The number of benzene rings is 2. The molecule has 0 atom stereocenters. The van der Waals surface area contributed by atoms with E-state index in [1.807, 2.05) is 44.2 Å². The second-order valence-electron chi connectivity index (χ2n) is 7.56. The summed E-state index contributed by atoms with van der Waals surface area (Å²) in [5.41, 5.74) is 5.20. The van der Waals surface area contributed by atoms with Gasteiger partial charge in [-0.05, 0) is 55.5 Å². The molecular formula is C23H32N2O3S2. The smallest absolute Gasteiger partial charge is 0.232 e. The first-order valence-electron chi connectivity index (χ1n) is 10.1. The van der Waals surface area contributed by atoms with Gasteiger partial charge in [0, 0.05) is 31.0 Å². The molecule has 2 aromatic carbocycles. The lowest BCUT2D eigenvalue weighted by atomic mass is 10.1. The van der Waals surface area contributed by atoms with Crippen LogP contribution in [0.15, 0.2) is 42.5 Å². The first-order valence-corrected chi connectivity index (χ1v) is 13.1. The Balaban J connectivity index is 1.75. The quantitative estimate of drug-likeness (QED) is 0.523. The van der Waals surface area contributed by atoms with Crippen molar-refractivity contribution >= 4 is 33.4 Å². The zero-order chi connectivity index (χ0) is 22.1. The van der Waals surface area contributed by atoms with Crippen LogP contribution < -0.4 is 9.62 Å². The van der Waals surface area contributed by atoms with E-state index < -0.39 is 10.0 Å². The number of nitrogens with one attached hydrogen (secondary N) is 1. The molecule has 0 unspecified atom stereocenters. The summed E-state index contributed by atoms with van der Waals surface area (Å²) < 4.78 is 26.0. The number of nitrogens with zero attached hydrogens (tertiary/aromatic N) is 1. The summed E-state index contributed by atoms with van der Waals surface area (Å²) in [6.07, 6.45) is 1.99. The van der Waals surface area contributed by atoms with Crippen LogP contribution in [0.3, 0.4) is 0 Å². The molecule has 7 heteroatoms. The summed E-state index contributed by atoms with van der Waals surface area (Å²) in [5.74, 6) is 1.74. The highest BCUT2D eigenvalue weighted by Gasteiger charge is 2.19. The van der Waals surface area contributed by atoms with Crippen LogP contribution in [0.4, 0.5) is 5.69 Å². The maximum Gasteiger partial charge on any atom is 0.232 e. The molecule has 0 spiro atoms. The average Bonchev–Trinajstić information content (AvgIpc) is 2.67. The average molecular weight is 449 g/mol. The van der Waals surface area contributed by atoms with Crippen LogP contribution in [0.1, 0.15) is 35.1 Å². The number of carbonyl (C=O) groups excluding carboxylic acids is 1. The Morgan fingerprint density at radius 1 is 1.07 bits per heavy atom. The number of sulfonamides is 1. The maximum absolute atomic E-state index is 12.3. The van der Waals surface area contributed by atoms with Crippen molar-refractivity contribution in [3.63, 3.8) is 0 Å². The molecule has 0 fully saturated rings. The van der Waals surface area contributed by atoms with Crippen LogP contribution in [0, 0.1) is 20.8 Å². The molecule has 0 aromatic heterocycles. The molecule has 0 bridgehead atoms. The molecule has 1 amide bonds. The predicted molar refractivity (Wildman–Crippen MR) is 128 cm³/mol. The lowest BCUT2D eigenvalue weighted by molar-refractivity contribution is -0.121. The van der Waals surface area contributed by atoms with E-state index in [2.05, 4.69) is 24.4 Å². The van der Waals surface area contributed by atoms with Crippen LogP contribution in [0.25, 0.3) is 0 Å². The van der Waals surface area contributed by atoms with Gasteiger partial charge in [-0.1, -0.05) is 36.4 Å². The first-order chi connectivity index (χ1) is 14.2. The summed E-state index contributed by atoms with van der Waals surface area (Å²) in [6, 6.07) is 14.1. The highest BCUT2D eigenvalue weighted by atomic mass is 32.2. The van der Waals surface area contributed by atoms with Crippen molar-refractivity contribution in [2.75, 3.05) is 29.4 Å². The molecule has 5 nitrogen and oxygen atoms in total. The number of hydrogen-bond donors (Lipinski definition) is 1. The van der Waals surface area contributed by atoms with Crippen molar-refractivity contribution in [2.24, 2.45) is 0 Å². The fraction of sp³-hybridized carbons (Fsp3) is 0.435. The molecule has 2 rings (SSSR count). The molecule has 30 heavy (non-hydrogen) atoms. The minimum Gasteiger partial charge on any atom is -0.355 e. The number of hydrogen-bond acceptors (Lipinski definition) is 4. The van der Waals surface area contributed by atoms with E-state index in [0.29, 0.717) is 31.6 Å². The zero-order valence-corrected chi connectivity index (χ0v) is 19.9. The van der Waals surface area contributed by atoms with Crippen LogP contribution in [-0.2, 0) is 20.6 Å². The lowest BCUT2D eigenvalue weighted by Crippen LogP contribution is -2.33. The summed E-state index contributed by atoms with van der Waals surface area (Å²) in [6.45, 7) is 6.85. The van der Waals surface area contributed by atoms with E-state index >= 15 is 0 Å². The fourth-order valence-electron chi connectivity index (χ4n) is 3.14. The topological polar surface area (TPSA) is 66.5 Å². The first kappa shape index (κ1) is 24.3. The van der Waals surface area contributed by atoms with Crippen molar-refractivity contribution in [1.29, 1.82) is 0 Å².